The van der Waals surface area contributed by atoms with Crippen LogP contribution < -0.4 is 5.32 Å². The molecule has 0 bridgehead atoms. The Labute approximate surface area is 186 Å². The number of aromatic nitrogens is 2. The maximum absolute atomic E-state index is 12.6. The molecule has 170 valence electrons. The third-order valence-corrected chi connectivity index (χ3v) is 5.73. The minimum atomic E-state index is -0.614. The van der Waals surface area contributed by atoms with E-state index >= 15 is 0 Å². The minimum Gasteiger partial charge on any atom is -0.444 e. The number of hydrogen-bond acceptors (Lipinski definition) is 8. The Morgan fingerprint density at radius 3 is 2.68 bits per heavy atom. The highest BCUT2D eigenvalue weighted by Crippen LogP contribution is 2.21. The van der Waals surface area contributed by atoms with Gasteiger partial charge in [-0.3, -0.25) is 9.69 Å². The van der Waals surface area contributed by atoms with Crippen LogP contribution in [0.2, 0.25) is 0 Å². The van der Waals surface area contributed by atoms with Gasteiger partial charge in [0.15, 0.2) is 0 Å². The van der Waals surface area contributed by atoms with Gasteiger partial charge >= 0.3 is 6.09 Å². The lowest BCUT2D eigenvalue weighted by atomic mass is 10.2. The van der Waals surface area contributed by atoms with Crippen LogP contribution in [0.5, 0.6) is 0 Å². The zero-order valence-electron chi connectivity index (χ0n) is 18.6. The number of thiophene rings is 1. The van der Waals surface area contributed by atoms with Gasteiger partial charge in [-0.15, -0.1) is 11.3 Å². The molecule has 10 heteroatoms. The Bertz CT molecular complexity index is 854. The summed E-state index contributed by atoms with van der Waals surface area (Å²) < 4.78 is 10.6. The fourth-order valence-corrected chi connectivity index (χ4v) is 3.98. The van der Waals surface area contributed by atoms with Crippen molar-refractivity contribution >= 4 is 23.3 Å². The molecule has 2 amide bonds. The maximum Gasteiger partial charge on any atom is 0.408 e. The van der Waals surface area contributed by atoms with E-state index < -0.39 is 17.7 Å². The van der Waals surface area contributed by atoms with Crippen molar-refractivity contribution in [1.29, 1.82) is 0 Å². The predicted molar refractivity (Wildman–Crippen MR) is 118 cm³/mol. The monoisotopic (exact) mass is 449 g/mol. The number of piperazine rings is 1. The van der Waals surface area contributed by atoms with Crippen molar-refractivity contribution in [3.05, 3.63) is 23.4 Å². The van der Waals surface area contributed by atoms with Gasteiger partial charge in [-0.25, -0.2) is 4.79 Å². The van der Waals surface area contributed by atoms with E-state index in [0.29, 0.717) is 24.8 Å². The van der Waals surface area contributed by atoms with Gasteiger partial charge in [-0.2, -0.15) is 4.98 Å². The van der Waals surface area contributed by atoms with Crippen LogP contribution in [0.3, 0.4) is 0 Å². The second-order valence-electron chi connectivity index (χ2n) is 8.63. The normalized spacial score (nSPS) is 16.2. The van der Waals surface area contributed by atoms with Crippen molar-refractivity contribution in [2.24, 2.45) is 0 Å². The topological polar surface area (TPSA) is 101 Å². The number of nitrogens with one attached hydrogen (secondary N) is 1. The van der Waals surface area contributed by atoms with Gasteiger partial charge in [0.2, 0.25) is 17.6 Å². The van der Waals surface area contributed by atoms with Crippen LogP contribution in [-0.2, 0) is 16.0 Å². The van der Waals surface area contributed by atoms with Crippen molar-refractivity contribution in [2.45, 2.75) is 52.2 Å². The molecule has 1 fully saturated rings. The van der Waals surface area contributed by atoms with Crippen LogP contribution in [0.4, 0.5) is 4.79 Å². The summed E-state index contributed by atoms with van der Waals surface area (Å²) in [4.78, 5) is 34.1. The van der Waals surface area contributed by atoms with Crippen molar-refractivity contribution in [3.8, 4) is 10.7 Å². The lowest BCUT2D eigenvalue weighted by molar-refractivity contribution is -0.134. The van der Waals surface area contributed by atoms with Gasteiger partial charge in [0.05, 0.1) is 4.88 Å². The first kappa shape index (κ1) is 23.2. The number of nitrogens with zero attached hydrogens (tertiary/aromatic N) is 4. The van der Waals surface area contributed by atoms with Gasteiger partial charge in [0, 0.05) is 32.6 Å². The van der Waals surface area contributed by atoms with Crippen LogP contribution in [0.25, 0.3) is 10.7 Å². The van der Waals surface area contributed by atoms with E-state index in [0.717, 1.165) is 37.4 Å². The van der Waals surface area contributed by atoms with Crippen molar-refractivity contribution in [3.63, 3.8) is 0 Å². The second kappa shape index (κ2) is 10.2. The Balaban J connectivity index is 1.35. The van der Waals surface area contributed by atoms with Crippen LogP contribution in [-0.4, -0.2) is 76.3 Å². The maximum atomic E-state index is 12.6. The third-order valence-electron chi connectivity index (χ3n) is 4.86. The SMILES string of the molecule is CC(NC(=O)OC(C)(C)C)C(=O)N1CCN(CCCc2nc(-c3cccs3)no2)CC1. The summed E-state index contributed by atoms with van der Waals surface area (Å²) in [7, 11) is 0. The second-order valence-corrected chi connectivity index (χ2v) is 9.58. The fraction of sp³-hybridized carbons (Fsp3) is 0.619. The molecule has 0 radical (unpaired) electrons. The smallest absolute Gasteiger partial charge is 0.408 e. The summed E-state index contributed by atoms with van der Waals surface area (Å²) in [6.07, 6.45) is 1.07. The van der Waals surface area contributed by atoms with Gasteiger partial charge < -0.3 is 19.5 Å². The zero-order chi connectivity index (χ0) is 22.4. The van der Waals surface area contributed by atoms with Gasteiger partial charge in [0.1, 0.15) is 11.6 Å². The molecule has 31 heavy (non-hydrogen) atoms. The van der Waals surface area contributed by atoms with Crippen LogP contribution >= 0.6 is 11.3 Å². The highest BCUT2D eigenvalue weighted by Gasteiger charge is 2.27. The summed E-state index contributed by atoms with van der Waals surface area (Å²) in [6.45, 7) is 10.9. The molecule has 2 aromatic rings. The third kappa shape index (κ3) is 7.03. The molecule has 0 spiro atoms. The molecule has 1 saturated heterocycles. The Hall–Kier alpha value is -2.46. The minimum absolute atomic E-state index is 0.0857. The molecule has 1 aliphatic rings. The Morgan fingerprint density at radius 2 is 2.03 bits per heavy atom. The van der Waals surface area contributed by atoms with Crippen LogP contribution in [0.15, 0.2) is 22.0 Å². The molecule has 1 unspecified atom stereocenters. The number of alkyl carbamates (subject to hydrolysis) is 1. The largest absolute Gasteiger partial charge is 0.444 e. The number of aryl methyl sites for hydroxylation is 1. The summed E-state index contributed by atoms with van der Waals surface area (Å²) in [5, 5.41) is 8.65. The van der Waals surface area contributed by atoms with E-state index in [1.165, 1.54) is 0 Å². The quantitative estimate of drug-likeness (QED) is 0.694. The van der Waals surface area contributed by atoms with Crippen molar-refractivity contribution in [1.82, 2.24) is 25.3 Å². The Morgan fingerprint density at radius 1 is 1.29 bits per heavy atom. The summed E-state index contributed by atoms with van der Waals surface area (Å²) in [6, 6.07) is 3.33. The molecule has 1 N–H and O–H groups in total. The molecule has 0 aromatic carbocycles. The van der Waals surface area contributed by atoms with E-state index in [-0.39, 0.29) is 5.91 Å². The highest BCUT2D eigenvalue weighted by atomic mass is 32.1. The van der Waals surface area contributed by atoms with E-state index in [4.69, 9.17) is 9.26 Å². The van der Waals surface area contributed by atoms with E-state index in [9.17, 15) is 9.59 Å². The van der Waals surface area contributed by atoms with E-state index in [2.05, 4.69) is 20.4 Å². The molecule has 1 atom stereocenters. The first-order valence-electron chi connectivity index (χ1n) is 10.6. The molecule has 3 rings (SSSR count). The van der Waals surface area contributed by atoms with E-state index in [1.54, 1.807) is 43.9 Å². The summed E-state index contributed by atoms with van der Waals surface area (Å²) >= 11 is 1.59. The summed E-state index contributed by atoms with van der Waals surface area (Å²) in [5.74, 6) is 1.21. The van der Waals surface area contributed by atoms with Crippen molar-refractivity contribution in [2.75, 3.05) is 32.7 Å². The molecular formula is C21H31N5O4S. The highest BCUT2D eigenvalue weighted by molar-refractivity contribution is 7.13. The first-order valence-corrected chi connectivity index (χ1v) is 11.5. The standard InChI is InChI=1S/C21H31N5O4S/c1-15(22-20(28)29-21(2,3)4)19(27)26-12-10-25(11-13-26)9-5-8-17-23-18(24-30-17)16-7-6-14-31-16/h6-7,14-15H,5,8-13H2,1-4H3,(H,22,28). The van der Waals surface area contributed by atoms with Gasteiger partial charge in [-0.05, 0) is 52.1 Å². The number of amides is 2. The zero-order valence-corrected chi connectivity index (χ0v) is 19.4. The molecule has 3 heterocycles. The number of carbonyl (C=O) groups is 2. The average molecular weight is 450 g/mol. The predicted octanol–water partition coefficient (Wildman–Crippen LogP) is 2.79. The molecule has 0 saturated carbocycles. The number of hydrogen-bond donors (Lipinski definition) is 1. The molecule has 9 nitrogen and oxygen atoms in total. The molecule has 0 aliphatic carbocycles. The van der Waals surface area contributed by atoms with Gasteiger partial charge in [0.25, 0.3) is 0 Å². The molecular weight excluding hydrogens is 418 g/mol. The number of carbonyl (C=O) groups excluding carboxylic acids is 2. The van der Waals surface area contributed by atoms with E-state index in [1.807, 2.05) is 17.5 Å². The van der Waals surface area contributed by atoms with Crippen LogP contribution in [0, 0.1) is 0 Å². The Kier molecular flexibility index (Phi) is 7.66. The van der Waals surface area contributed by atoms with Crippen molar-refractivity contribution < 1.29 is 18.8 Å². The van der Waals surface area contributed by atoms with Crippen LogP contribution in [0.1, 0.15) is 40.0 Å². The lowest BCUT2D eigenvalue weighted by Crippen LogP contribution is -2.54. The first-order chi connectivity index (χ1) is 14.7. The molecule has 2 aromatic heterocycles. The lowest BCUT2D eigenvalue weighted by Gasteiger charge is -2.36. The fourth-order valence-electron chi connectivity index (χ4n) is 3.33. The average Bonchev–Trinajstić information content (AvgIpc) is 3.38. The van der Waals surface area contributed by atoms with Gasteiger partial charge in [-0.1, -0.05) is 11.2 Å². The summed E-state index contributed by atoms with van der Waals surface area (Å²) in [5.41, 5.74) is -0.592. The number of rotatable bonds is 7. The molecule has 1 aliphatic heterocycles. The number of ether oxygens (including phenoxy) is 1.